The molecule has 2 atom stereocenters. The zero-order chi connectivity index (χ0) is 9.72. The molecule has 3 heteroatoms. The second kappa shape index (κ2) is 5.60. The number of aliphatic hydroxyl groups excluding tert-OH is 1. The van der Waals surface area contributed by atoms with Gasteiger partial charge in [-0.2, -0.15) is 0 Å². The average molecular weight is 189 g/mol. The summed E-state index contributed by atoms with van der Waals surface area (Å²) >= 11 is 4.13. The van der Waals surface area contributed by atoms with Crippen molar-refractivity contribution in [3.05, 3.63) is 0 Å². The number of aliphatic hydroxyl groups is 1. The smallest absolute Gasteiger partial charge is 0.0618 e. The number of hydrogen-bond acceptors (Lipinski definition) is 2. The van der Waals surface area contributed by atoms with E-state index >= 15 is 0 Å². The highest BCUT2D eigenvalue weighted by molar-refractivity contribution is 7.96. The Morgan fingerprint density at radius 1 is 1.42 bits per heavy atom. The average Bonchev–Trinajstić information content (AvgIpc) is 1.98. The third-order valence-corrected chi connectivity index (χ3v) is 2.01. The predicted molar refractivity (Wildman–Crippen MR) is 57.0 cm³/mol. The van der Waals surface area contributed by atoms with E-state index in [2.05, 4.69) is 31.5 Å². The molecule has 0 bridgehead atoms. The lowest BCUT2D eigenvalue weighted by Crippen LogP contribution is -2.25. The Kier molecular flexibility index (Phi) is 5.59. The van der Waals surface area contributed by atoms with Gasteiger partial charge < -0.3 is 5.11 Å². The van der Waals surface area contributed by atoms with E-state index in [1.807, 2.05) is 13.8 Å². The zero-order valence-corrected chi connectivity index (χ0v) is 9.18. The lowest BCUT2D eigenvalue weighted by molar-refractivity contribution is 0.199. The summed E-state index contributed by atoms with van der Waals surface area (Å²) in [5.41, 5.74) is 0. The molecule has 0 saturated heterocycles. The first-order valence-corrected chi connectivity index (χ1v) is 4.78. The summed E-state index contributed by atoms with van der Waals surface area (Å²) in [4.78, 5) is 4.37. The fourth-order valence-electron chi connectivity index (χ4n) is 1.26. The standard InChI is InChI=1S/C9H19NOS/c1-6(2)9(7(3)5-11)10-8(4)12/h6-7,9,11H,5H2,1-4H3,(H,10,12)/t7-,9?/m1/s1. The van der Waals surface area contributed by atoms with Crippen molar-refractivity contribution in [2.45, 2.75) is 33.7 Å². The quantitative estimate of drug-likeness (QED) is 0.396. The van der Waals surface area contributed by atoms with Gasteiger partial charge in [0.15, 0.2) is 0 Å². The molecule has 0 heterocycles. The highest BCUT2D eigenvalue weighted by atomic mass is 32.1. The van der Waals surface area contributed by atoms with Gasteiger partial charge in [0, 0.05) is 12.5 Å². The van der Waals surface area contributed by atoms with E-state index in [1.165, 1.54) is 0 Å². The maximum atomic E-state index is 8.97. The van der Waals surface area contributed by atoms with E-state index in [0.717, 1.165) is 5.04 Å². The van der Waals surface area contributed by atoms with Crippen LogP contribution in [0.25, 0.3) is 0 Å². The van der Waals surface area contributed by atoms with Gasteiger partial charge in [0.2, 0.25) is 0 Å². The van der Waals surface area contributed by atoms with Gasteiger partial charge in [-0.3, -0.25) is 4.99 Å². The van der Waals surface area contributed by atoms with Gasteiger partial charge in [0.1, 0.15) is 0 Å². The molecule has 0 aliphatic rings. The van der Waals surface area contributed by atoms with Crippen molar-refractivity contribution < 1.29 is 5.11 Å². The number of thiol groups is 1. The molecule has 0 saturated carbocycles. The molecule has 0 aliphatic carbocycles. The fourth-order valence-corrected chi connectivity index (χ4v) is 1.39. The van der Waals surface area contributed by atoms with Crippen LogP contribution in [0.4, 0.5) is 0 Å². The Balaban J connectivity index is 4.33. The topological polar surface area (TPSA) is 32.6 Å². The minimum absolute atomic E-state index is 0.187. The van der Waals surface area contributed by atoms with Crippen molar-refractivity contribution in [1.82, 2.24) is 0 Å². The van der Waals surface area contributed by atoms with E-state index in [1.54, 1.807) is 0 Å². The molecule has 72 valence electrons. The molecule has 0 aromatic heterocycles. The molecular formula is C9H19NOS. The maximum Gasteiger partial charge on any atom is 0.0618 e. The minimum atomic E-state index is 0.187. The summed E-state index contributed by atoms with van der Waals surface area (Å²) in [6.45, 7) is 8.27. The molecular weight excluding hydrogens is 170 g/mol. The van der Waals surface area contributed by atoms with E-state index < -0.39 is 0 Å². The van der Waals surface area contributed by atoms with Gasteiger partial charge in [-0.25, -0.2) is 0 Å². The molecule has 1 unspecified atom stereocenters. The van der Waals surface area contributed by atoms with Crippen molar-refractivity contribution in [2.24, 2.45) is 16.8 Å². The zero-order valence-electron chi connectivity index (χ0n) is 8.28. The summed E-state index contributed by atoms with van der Waals surface area (Å²) in [6, 6.07) is 0.187. The summed E-state index contributed by atoms with van der Waals surface area (Å²) in [6.07, 6.45) is 0. The summed E-state index contributed by atoms with van der Waals surface area (Å²) in [7, 11) is 0. The second-order valence-electron chi connectivity index (χ2n) is 3.57. The van der Waals surface area contributed by atoms with E-state index in [0.29, 0.717) is 5.92 Å². The maximum absolute atomic E-state index is 8.97. The van der Waals surface area contributed by atoms with E-state index in [4.69, 9.17) is 5.11 Å². The Morgan fingerprint density at radius 3 is 2.17 bits per heavy atom. The van der Waals surface area contributed by atoms with Crippen LogP contribution in [0.3, 0.4) is 0 Å². The third-order valence-electron chi connectivity index (χ3n) is 1.89. The molecule has 0 amide bonds. The first-order chi connectivity index (χ1) is 5.49. The van der Waals surface area contributed by atoms with Crippen molar-refractivity contribution in [1.29, 1.82) is 0 Å². The highest BCUT2D eigenvalue weighted by Crippen LogP contribution is 2.16. The Bertz CT molecular complexity index is 153. The van der Waals surface area contributed by atoms with Crippen LogP contribution >= 0.6 is 12.6 Å². The Morgan fingerprint density at radius 2 is 1.92 bits per heavy atom. The largest absolute Gasteiger partial charge is 0.396 e. The van der Waals surface area contributed by atoms with Crippen LogP contribution < -0.4 is 0 Å². The molecule has 0 aliphatic heterocycles. The molecule has 1 N–H and O–H groups in total. The number of hydrogen-bond donors (Lipinski definition) is 2. The molecule has 0 spiro atoms. The first kappa shape index (κ1) is 12.0. The van der Waals surface area contributed by atoms with Crippen molar-refractivity contribution in [3.8, 4) is 0 Å². The lowest BCUT2D eigenvalue weighted by Gasteiger charge is -2.22. The van der Waals surface area contributed by atoms with Crippen LogP contribution in [-0.4, -0.2) is 22.8 Å². The van der Waals surface area contributed by atoms with E-state index in [-0.39, 0.29) is 18.6 Å². The molecule has 0 rings (SSSR count). The van der Waals surface area contributed by atoms with Crippen LogP contribution in [0.2, 0.25) is 0 Å². The molecule has 0 fully saturated rings. The number of nitrogens with zero attached hydrogens (tertiary/aromatic N) is 1. The van der Waals surface area contributed by atoms with Crippen molar-refractivity contribution in [2.75, 3.05) is 6.61 Å². The van der Waals surface area contributed by atoms with Crippen molar-refractivity contribution in [3.63, 3.8) is 0 Å². The molecule has 0 radical (unpaired) electrons. The SMILES string of the molecule is CC(S)=NC(C(C)C)[C@H](C)CO. The van der Waals surface area contributed by atoms with Crippen molar-refractivity contribution >= 4 is 17.7 Å². The van der Waals surface area contributed by atoms with Gasteiger partial charge in [0.25, 0.3) is 0 Å². The van der Waals surface area contributed by atoms with Gasteiger partial charge in [-0.1, -0.05) is 20.8 Å². The third kappa shape index (κ3) is 4.12. The first-order valence-electron chi connectivity index (χ1n) is 4.33. The Hall–Kier alpha value is -0.0200. The summed E-state index contributed by atoms with van der Waals surface area (Å²) < 4.78 is 0. The van der Waals surface area contributed by atoms with Gasteiger partial charge in [0.05, 0.1) is 11.1 Å². The van der Waals surface area contributed by atoms with E-state index in [9.17, 15) is 0 Å². The number of aliphatic imine (C=N–C) groups is 1. The minimum Gasteiger partial charge on any atom is -0.396 e. The van der Waals surface area contributed by atoms with Crippen LogP contribution in [0.5, 0.6) is 0 Å². The fraction of sp³-hybridized carbons (Fsp3) is 0.889. The van der Waals surface area contributed by atoms with Crippen LogP contribution in [0.15, 0.2) is 4.99 Å². The Labute approximate surface area is 80.5 Å². The monoisotopic (exact) mass is 189 g/mol. The molecule has 0 aromatic rings. The summed E-state index contributed by atoms with van der Waals surface area (Å²) in [5, 5.41) is 9.76. The predicted octanol–water partition coefficient (Wildman–Crippen LogP) is 1.99. The molecule has 0 aromatic carbocycles. The molecule has 12 heavy (non-hydrogen) atoms. The second-order valence-corrected chi connectivity index (χ2v) is 4.22. The summed E-state index contributed by atoms with van der Waals surface area (Å²) in [5.74, 6) is 0.668. The molecule has 2 nitrogen and oxygen atoms in total. The van der Waals surface area contributed by atoms with Crippen LogP contribution in [0, 0.1) is 11.8 Å². The lowest BCUT2D eigenvalue weighted by atomic mass is 9.93. The van der Waals surface area contributed by atoms with Gasteiger partial charge >= 0.3 is 0 Å². The normalized spacial score (nSPS) is 18.1. The van der Waals surface area contributed by atoms with Crippen LogP contribution in [0.1, 0.15) is 27.7 Å². The van der Waals surface area contributed by atoms with Gasteiger partial charge in [-0.15, -0.1) is 12.6 Å². The van der Waals surface area contributed by atoms with Crippen LogP contribution in [-0.2, 0) is 0 Å². The van der Waals surface area contributed by atoms with Gasteiger partial charge in [-0.05, 0) is 12.8 Å². The highest BCUT2D eigenvalue weighted by Gasteiger charge is 2.18. The number of rotatable bonds is 4.